The maximum atomic E-state index is 9.19. The first kappa shape index (κ1) is 18.9. The zero-order valence-electron chi connectivity index (χ0n) is 16.7. The van der Waals surface area contributed by atoms with Gasteiger partial charge in [0.05, 0.1) is 0 Å². The van der Waals surface area contributed by atoms with Crippen molar-refractivity contribution in [3.63, 3.8) is 0 Å². The summed E-state index contributed by atoms with van der Waals surface area (Å²) in [6.45, 7) is 3.53. The van der Waals surface area contributed by atoms with Gasteiger partial charge in [0.25, 0.3) is 0 Å². The fourth-order valence-electron chi connectivity index (χ4n) is 4.60. The van der Waals surface area contributed by atoms with Gasteiger partial charge in [0.2, 0.25) is 0 Å². The van der Waals surface area contributed by atoms with Gasteiger partial charge < -0.3 is 5.11 Å². The number of aliphatic hydroxyl groups is 1. The van der Waals surface area contributed by atoms with E-state index >= 15 is 0 Å². The third-order valence-corrected chi connectivity index (χ3v) is 6.25. The lowest BCUT2D eigenvalue weighted by atomic mass is 9.80. The molecule has 0 amide bonds. The van der Waals surface area contributed by atoms with Crippen LogP contribution in [0.3, 0.4) is 0 Å². The summed E-state index contributed by atoms with van der Waals surface area (Å²) >= 11 is 0. The van der Waals surface area contributed by atoms with Gasteiger partial charge in [0.15, 0.2) is 0 Å². The van der Waals surface area contributed by atoms with E-state index in [1.807, 2.05) is 0 Å². The quantitative estimate of drug-likeness (QED) is 0.600. The molecular weight excluding hydrogens is 344 g/mol. The summed E-state index contributed by atoms with van der Waals surface area (Å²) in [6, 6.07) is 21.2. The van der Waals surface area contributed by atoms with Gasteiger partial charge in [-0.2, -0.15) is 5.10 Å². The Balaban J connectivity index is 1.63. The predicted molar refractivity (Wildman–Crippen MR) is 115 cm³/mol. The van der Waals surface area contributed by atoms with Gasteiger partial charge in [-0.3, -0.25) is 4.68 Å². The minimum absolute atomic E-state index is 0.328. The van der Waals surface area contributed by atoms with Gasteiger partial charge in [-0.15, -0.1) is 0 Å². The standard InChI is InChI=1S/C25H30N2O/c1-19-24(22-8-4-2-5-9-22)25(23-10-6-3-7-11-23)26-27(19)18-21-14-12-20(13-15-21)16-17-28/h2-11,20-21,28H,12-18H2,1H3. The normalized spacial score (nSPS) is 19.6. The van der Waals surface area contributed by atoms with E-state index in [0.29, 0.717) is 18.4 Å². The molecule has 146 valence electrons. The Hall–Kier alpha value is -2.39. The molecule has 3 aromatic rings. The van der Waals surface area contributed by atoms with Crippen LogP contribution in [0.4, 0.5) is 0 Å². The lowest BCUT2D eigenvalue weighted by Crippen LogP contribution is -2.20. The Kier molecular flexibility index (Phi) is 5.92. The van der Waals surface area contributed by atoms with Crippen LogP contribution in [0.5, 0.6) is 0 Å². The summed E-state index contributed by atoms with van der Waals surface area (Å²) in [6.07, 6.45) is 5.92. The molecule has 0 bridgehead atoms. The second kappa shape index (κ2) is 8.74. The van der Waals surface area contributed by atoms with Crippen LogP contribution in [0.1, 0.15) is 37.8 Å². The topological polar surface area (TPSA) is 38.0 Å². The Bertz CT molecular complexity index is 878. The minimum Gasteiger partial charge on any atom is -0.396 e. The number of hydrogen-bond acceptors (Lipinski definition) is 2. The van der Waals surface area contributed by atoms with Crippen molar-refractivity contribution in [2.24, 2.45) is 11.8 Å². The third-order valence-electron chi connectivity index (χ3n) is 6.25. The molecule has 0 saturated heterocycles. The average molecular weight is 375 g/mol. The first-order chi connectivity index (χ1) is 13.8. The van der Waals surface area contributed by atoms with Crippen LogP contribution in [0.25, 0.3) is 22.4 Å². The van der Waals surface area contributed by atoms with Gasteiger partial charge >= 0.3 is 0 Å². The molecule has 1 heterocycles. The first-order valence-corrected chi connectivity index (χ1v) is 10.6. The molecule has 0 aliphatic heterocycles. The number of nitrogens with zero attached hydrogens (tertiary/aromatic N) is 2. The molecule has 2 aromatic carbocycles. The molecule has 0 spiro atoms. The van der Waals surface area contributed by atoms with E-state index in [0.717, 1.165) is 18.7 Å². The molecule has 28 heavy (non-hydrogen) atoms. The summed E-state index contributed by atoms with van der Waals surface area (Å²) in [7, 11) is 0. The third kappa shape index (κ3) is 4.05. The highest BCUT2D eigenvalue weighted by molar-refractivity contribution is 5.82. The summed E-state index contributed by atoms with van der Waals surface area (Å²) in [5.74, 6) is 1.39. The largest absolute Gasteiger partial charge is 0.396 e. The van der Waals surface area contributed by atoms with Crippen LogP contribution in [0, 0.1) is 18.8 Å². The highest BCUT2D eigenvalue weighted by atomic mass is 16.3. The minimum atomic E-state index is 0.328. The van der Waals surface area contributed by atoms with Crippen molar-refractivity contribution in [2.75, 3.05) is 6.61 Å². The Morgan fingerprint density at radius 3 is 2.04 bits per heavy atom. The number of aromatic nitrogens is 2. The van der Waals surface area contributed by atoms with Crippen molar-refractivity contribution in [1.82, 2.24) is 9.78 Å². The Morgan fingerprint density at radius 1 is 0.857 bits per heavy atom. The van der Waals surface area contributed by atoms with E-state index in [9.17, 15) is 5.11 Å². The Morgan fingerprint density at radius 2 is 1.43 bits per heavy atom. The highest BCUT2D eigenvalue weighted by Gasteiger charge is 2.24. The second-order valence-corrected chi connectivity index (χ2v) is 8.12. The van der Waals surface area contributed by atoms with Crippen LogP contribution in [0.2, 0.25) is 0 Å². The van der Waals surface area contributed by atoms with Crippen LogP contribution < -0.4 is 0 Å². The zero-order chi connectivity index (χ0) is 19.3. The average Bonchev–Trinajstić information content (AvgIpc) is 3.07. The van der Waals surface area contributed by atoms with Gasteiger partial charge in [0.1, 0.15) is 5.69 Å². The van der Waals surface area contributed by atoms with Gasteiger partial charge in [-0.1, -0.05) is 73.5 Å². The number of benzene rings is 2. The van der Waals surface area contributed by atoms with Crippen LogP contribution >= 0.6 is 0 Å². The predicted octanol–water partition coefficient (Wildman–Crippen LogP) is 5.71. The van der Waals surface area contributed by atoms with Crippen molar-refractivity contribution < 1.29 is 5.11 Å². The van der Waals surface area contributed by atoms with Gasteiger partial charge in [-0.25, -0.2) is 0 Å². The summed E-state index contributed by atoms with van der Waals surface area (Å²) in [5, 5.41) is 14.3. The van der Waals surface area contributed by atoms with E-state index in [4.69, 9.17) is 5.10 Å². The summed E-state index contributed by atoms with van der Waals surface area (Å²) in [4.78, 5) is 0. The molecule has 1 aliphatic rings. The molecule has 1 aliphatic carbocycles. The molecule has 1 fully saturated rings. The molecule has 3 nitrogen and oxygen atoms in total. The highest BCUT2D eigenvalue weighted by Crippen LogP contribution is 2.36. The van der Waals surface area contributed by atoms with Crippen LogP contribution in [-0.4, -0.2) is 21.5 Å². The van der Waals surface area contributed by atoms with E-state index in [2.05, 4.69) is 72.3 Å². The fraction of sp³-hybridized carbons (Fsp3) is 0.400. The lowest BCUT2D eigenvalue weighted by Gasteiger charge is -2.28. The zero-order valence-corrected chi connectivity index (χ0v) is 16.7. The molecule has 1 aromatic heterocycles. The Labute approximate surface area is 168 Å². The van der Waals surface area contributed by atoms with Crippen molar-refractivity contribution in [1.29, 1.82) is 0 Å². The summed E-state index contributed by atoms with van der Waals surface area (Å²) in [5.41, 5.74) is 5.99. The SMILES string of the molecule is Cc1c(-c2ccccc2)c(-c2ccccc2)nn1CC1CCC(CCO)CC1. The van der Waals surface area contributed by atoms with E-state index in [1.165, 1.54) is 48.1 Å². The molecule has 0 atom stereocenters. The number of hydrogen-bond donors (Lipinski definition) is 1. The molecule has 0 unspecified atom stereocenters. The van der Waals surface area contributed by atoms with Gasteiger partial charge in [0, 0.05) is 30.0 Å². The monoisotopic (exact) mass is 374 g/mol. The summed E-state index contributed by atoms with van der Waals surface area (Å²) < 4.78 is 2.24. The van der Waals surface area contributed by atoms with Crippen molar-refractivity contribution in [3.8, 4) is 22.4 Å². The van der Waals surface area contributed by atoms with E-state index in [-0.39, 0.29) is 0 Å². The molecular formula is C25H30N2O. The molecule has 0 radical (unpaired) electrons. The number of aliphatic hydroxyl groups excluding tert-OH is 1. The van der Waals surface area contributed by atoms with Crippen molar-refractivity contribution in [2.45, 2.75) is 45.6 Å². The smallest absolute Gasteiger partial charge is 0.100 e. The maximum Gasteiger partial charge on any atom is 0.100 e. The van der Waals surface area contributed by atoms with Crippen molar-refractivity contribution >= 4 is 0 Å². The van der Waals surface area contributed by atoms with E-state index < -0.39 is 0 Å². The lowest BCUT2D eigenvalue weighted by molar-refractivity contribution is 0.195. The van der Waals surface area contributed by atoms with Crippen molar-refractivity contribution in [3.05, 3.63) is 66.4 Å². The molecule has 1 saturated carbocycles. The first-order valence-electron chi connectivity index (χ1n) is 10.6. The molecule has 4 rings (SSSR count). The fourth-order valence-corrected chi connectivity index (χ4v) is 4.60. The maximum absolute atomic E-state index is 9.19. The second-order valence-electron chi connectivity index (χ2n) is 8.12. The van der Waals surface area contributed by atoms with Crippen LogP contribution in [-0.2, 0) is 6.54 Å². The number of rotatable bonds is 6. The van der Waals surface area contributed by atoms with Gasteiger partial charge in [-0.05, 0) is 43.6 Å². The van der Waals surface area contributed by atoms with E-state index in [1.54, 1.807) is 0 Å². The van der Waals surface area contributed by atoms with Crippen LogP contribution in [0.15, 0.2) is 60.7 Å². The molecule has 1 N–H and O–H groups in total. The molecule has 3 heteroatoms.